The van der Waals surface area contributed by atoms with E-state index in [1.165, 1.54) is 18.5 Å². The summed E-state index contributed by atoms with van der Waals surface area (Å²) in [5.74, 6) is 0.566. The molecule has 3 aromatic rings. The number of benzene rings is 2. The Bertz CT molecular complexity index is 1330. The molecular formula is C24H27N5O7. The Morgan fingerprint density at radius 1 is 1.14 bits per heavy atom. The SMILES string of the molecule is CCOc1cc(N2CCOCC2)c(OCC)cc1NC(=O)Cn1cnc2ccc([N+](=O)[O-])cc2c1=O. The van der Waals surface area contributed by atoms with Gasteiger partial charge in [0.05, 0.1) is 60.0 Å². The molecule has 0 unspecified atom stereocenters. The summed E-state index contributed by atoms with van der Waals surface area (Å²) in [6.45, 7) is 6.80. The van der Waals surface area contributed by atoms with Gasteiger partial charge in [0.15, 0.2) is 0 Å². The fourth-order valence-corrected chi connectivity index (χ4v) is 3.96. The minimum atomic E-state index is -0.589. The van der Waals surface area contributed by atoms with Crippen LogP contribution in [0.4, 0.5) is 17.1 Å². The molecular weight excluding hydrogens is 470 g/mol. The number of hydrogen-bond donors (Lipinski definition) is 1. The summed E-state index contributed by atoms with van der Waals surface area (Å²) in [5, 5.41) is 13.9. The first kappa shape index (κ1) is 24.9. The third kappa shape index (κ3) is 5.38. The maximum absolute atomic E-state index is 12.9. The largest absolute Gasteiger partial charge is 0.492 e. The number of morpholine rings is 1. The molecule has 4 rings (SSSR count). The van der Waals surface area contributed by atoms with E-state index in [4.69, 9.17) is 14.2 Å². The van der Waals surface area contributed by atoms with E-state index in [1.54, 1.807) is 6.07 Å². The molecule has 1 saturated heterocycles. The van der Waals surface area contributed by atoms with Gasteiger partial charge in [0.1, 0.15) is 18.0 Å². The van der Waals surface area contributed by atoms with E-state index in [0.29, 0.717) is 62.2 Å². The highest BCUT2D eigenvalue weighted by Gasteiger charge is 2.21. The number of aromatic nitrogens is 2. The van der Waals surface area contributed by atoms with Crippen LogP contribution in [0.15, 0.2) is 41.5 Å². The lowest BCUT2D eigenvalue weighted by Gasteiger charge is -2.31. The molecule has 0 aliphatic carbocycles. The zero-order chi connectivity index (χ0) is 25.7. The van der Waals surface area contributed by atoms with Crippen LogP contribution in [0, 0.1) is 10.1 Å². The average molecular weight is 498 g/mol. The normalized spacial score (nSPS) is 13.4. The summed E-state index contributed by atoms with van der Waals surface area (Å²) in [4.78, 5) is 42.6. The second-order valence-electron chi connectivity index (χ2n) is 7.97. The average Bonchev–Trinajstić information content (AvgIpc) is 2.87. The quantitative estimate of drug-likeness (QED) is 0.349. The fourth-order valence-electron chi connectivity index (χ4n) is 3.96. The van der Waals surface area contributed by atoms with E-state index in [9.17, 15) is 19.7 Å². The van der Waals surface area contributed by atoms with Crippen molar-refractivity contribution in [2.24, 2.45) is 0 Å². The van der Waals surface area contributed by atoms with E-state index in [0.717, 1.165) is 16.3 Å². The maximum Gasteiger partial charge on any atom is 0.270 e. The molecule has 2 heterocycles. The first-order valence-corrected chi connectivity index (χ1v) is 11.6. The lowest BCUT2D eigenvalue weighted by Crippen LogP contribution is -2.36. The summed E-state index contributed by atoms with van der Waals surface area (Å²) in [6, 6.07) is 7.38. The third-order valence-electron chi connectivity index (χ3n) is 5.62. The smallest absolute Gasteiger partial charge is 0.270 e. The van der Waals surface area contributed by atoms with Crippen molar-refractivity contribution in [2.45, 2.75) is 20.4 Å². The number of nitro benzene ring substituents is 1. The Morgan fingerprint density at radius 3 is 2.56 bits per heavy atom. The Labute approximate surface area is 206 Å². The number of hydrogen-bond acceptors (Lipinski definition) is 9. The predicted octanol–water partition coefficient (Wildman–Crippen LogP) is 2.58. The number of fused-ring (bicyclic) bond motifs is 1. The van der Waals surface area contributed by atoms with Gasteiger partial charge in [-0.05, 0) is 19.9 Å². The van der Waals surface area contributed by atoms with Crippen molar-refractivity contribution in [2.75, 3.05) is 49.7 Å². The molecule has 0 spiro atoms. The highest BCUT2D eigenvalue weighted by atomic mass is 16.6. The number of anilines is 2. The molecule has 0 saturated carbocycles. The molecule has 0 radical (unpaired) electrons. The molecule has 0 bridgehead atoms. The lowest BCUT2D eigenvalue weighted by molar-refractivity contribution is -0.384. The first-order chi connectivity index (χ1) is 17.4. The number of ether oxygens (including phenoxy) is 3. The molecule has 12 heteroatoms. The van der Waals surface area contributed by atoms with E-state index in [2.05, 4.69) is 15.2 Å². The van der Waals surface area contributed by atoms with Crippen molar-refractivity contribution in [1.29, 1.82) is 0 Å². The van der Waals surface area contributed by atoms with Crippen LogP contribution in [0.3, 0.4) is 0 Å². The highest BCUT2D eigenvalue weighted by molar-refractivity contribution is 5.93. The molecule has 1 aliphatic rings. The first-order valence-electron chi connectivity index (χ1n) is 11.6. The number of nitrogens with one attached hydrogen (secondary N) is 1. The van der Waals surface area contributed by atoms with E-state index >= 15 is 0 Å². The summed E-state index contributed by atoms with van der Waals surface area (Å²) >= 11 is 0. The minimum Gasteiger partial charge on any atom is -0.492 e. The van der Waals surface area contributed by atoms with E-state index < -0.39 is 16.4 Å². The van der Waals surface area contributed by atoms with Crippen molar-refractivity contribution >= 4 is 33.9 Å². The zero-order valence-electron chi connectivity index (χ0n) is 20.1. The van der Waals surface area contributed by atoms with E-state index in [1.807, 2.05) is 19.9 Å². The van der Waals surface area contributed by atoms with Crippen LogP contribution >= 0.6 is 0 Å². The Balaban J connectivity index is 1.62. The predicted molar refractivity (Wildman–Crippen MR) is 133 cm³/mol. The van der Waals surface area contributed by atoms with Gasteiger partial charge in [-0.1, -0.05) is 0 Å². The van der Waals surface area contributed by atoms with Crippen molar-refractivity contribution in [1.82, 2.24) is 9.55 Å². The van der Waals surface area contributed by atoms with Crippen molar-refractivity contribution in [3.8, 4) is 11.5 Å². The lowest BCUT2D eigenvalue weighted by atomic mass is 10.2. The van der Waals surface area contributed by atoms with Crippen LogP contribution in [-0.2, 0) is 16.1 Å². The molecule has 1 amide bonds. The minimum absolute atomic E-state index is 0.0583. The molecule has 190 valence electrons. The summed E-state index contributed by atoms with van der Waals surface area (Å²) in [7, 11) is 0. The van der Waals surface area contributed by atoms with Crippen LogP contribution in [0.2, 0.25) is 0 Å². The van der Waals surface area contributed by atoms with Gasteiger partial charge in [0.25, 0.3) is 11.2 Å². The number of nitrogens with zero attached hydrogens (tertiary/aromatic N) is 4. The number of non-ortho nitro benzene ring substituents is 1. The molecule has 12 nitrogen and oxygen atoms in total. The van der Waals surface area contributed by atoms with Crippen LogP contribution < -0.4 is 25.2 Å². The molecule has 1 fully saturated rings. The van der Waals surface area contributed by atoms with Gasteiger partial charge in [-0.25, -0.2) is 4.98 Å². The molecule has 36 heavy (non-hydrogen) atoms. The molecule has 0 atom stereocenters. The van der Waals surface area contributed by atoms with Crippen molar-refractivity contribution < 1.29 is 23.9 Å². The van der Waals surface area contributed by atoms with Crippen molar-refractivity contribution in [3.05, 3.63) is 57.1 Å². The molecule has 1 aliphatic heterocycles. The second-order valence-corrected chi connectivity index (χ2v) is 7.97. The molecule has 1 N–H and O–H groups in total. The third-order valence-corrected chi connectivity index (χ3v) is 5.62. The van der Waals surface area contributed by atoms with Gasteiger partial charge in [-0.2, -0.15) is 0 Å². The van der Waals surface area contributed by atoms with Gasteiger partial charge in [-0.3, -0.25) is 24.3 Å². The van der Waals surface area contributed by atoms with Crippen LogP contribution in [-0.4, -0.2) is 59.9 Å². The Hall–Kier alpha value is -4.19. The highest BCUT2D eigenvalue weighted by Crippen LogP contribution is 2.39. The van der Waals surface area contributed by atoms with Gasteiger partial charge < -0.3 is 24.4 Å². The maximum atomic E-state index is 12.9. The molecule has 2 aromatic carbocycles. The van der Waals surface area contributed by atoms with Gasteiger partial charge in [-0.15, -0.1) is 0 Å². The number of amides is 1. The zero-order valence-corrected chi connectivity index (χ0v) is 20.1. The fraction of sp³-hybridized carbons (Fsp3) is 0.375. The standard InChI is InChI=1S/C24H27N5O7/c1-3-35-21-13-20(27-7-9-34-10-8-27)22(36-4-2)12-19(21)26-23(30)14-28-15-25-18-6-5-16(29(32)33)11-17(18)24(28)31/h5-6,11-13,15H,3-4,7-10,14H2,1-2H3,(H,26,30). The Kier molecular flexibility index (Phi) is 7.64. The number of nitro groups is 1. The van der Waals surface area contributed by atoms with Gasteiger partial charge in [0.2, 0.25) is 5.91 Å². The monoisotopic (exact) mass is 497 g/mol. The van der Waals surface area contributed by atoms with Crippen LogP contribution in [0.25, 0.3) is 10.9 Å². The van der Waals surface area contributed by atoms with Gasteiger partial charge >= 0.3 is 0 Å². The summed E-state index contributed by atoms with van der Waals surface area (Å²) < 4.78 is 18.2. The number of rotatable bonds is 9. The van der Waals surface area contributed by atoms with E-state index in [-0.39, 0.29) is 17.6 Å². The number of carbonyl (C=O) groups is 1. The Morgan fingerprint density at radius 2 is 1.86 bits per heavy atom. The second kappa shape index (κ2) is 11.0. The van der Waals surface area contributed by atoms with Gasteiger partial charge in [0, 0.05) is 37.4 Å². The topological polar surface area (TPSA) is 138 Å². The molecule has 1 aromatic heterocycles. The number of carbonyl (C=O) groups excluding carboxylic acids is 1. The van der Waals surface area contributed by atoms with Crippen LogP contribution in [0.1, 0.15) is 13.8 Å². The van der Waals surface area contributed by atoms with Crippen LogP contribution in [0.5, 0.6) is 11.5 Å². The summed E-state index contributed by atoms with van der Waals surface area (Å²) in [6.07, 6.45) is 1.24. The van der Waals surface area contributed by atoms with Crippen molar-refractivity contribution in [3.63, 3.8) is 0 Å². The summed E-state index contributed by atoms with van der Waals surface area (Å²) in [5.41, 5.74) is 0.772.